The molecule has 2 aliphatic rings. The zero-order valence-electron chi connectivity index (χ0n) is 20.3. The molecule has 4 aromatic carbocycles. The molecule has 4 aromatic rings. The first-order chi connectivity index (χ1) is 18.7. The largest absolute Gasteiger partial charge is 0.289 e. The number of nitrogens with one attached hydrogen (secondary N) is 2. The second-order valence-corrected chi connectivity index (χ2v) is 8.82. The van der Waals surface area contributed by atoms with E-state index in [0.717, 1.165) is 11.4 Å². The molecule has 182 valence electrons. The number of fused-ring (bicyclic) bond motifs is 2. The molecule has 0 spiro atoms. The third-order valence-corrected chi connectivity index (χ3v) is 6.40. The monoisotopic (exact) mass is 494 g/mol. The summed E-state index contributed by atoms with van der Waals surface area (Å²) in [5, 5.41) is 9.19. The first-order valence-electron chi connectivity index (χ1n) is 12.2. The number of ketones is 2. The average molecular weight is 495 g/mol. The van der Waals surface area contributed by atoms with E-state index < -0.39 is 0 Å². The summed E-state index contributed by atoms with van der Waals surface area (Å²) in [5.74, 6) is -0.456. The van der Waals surface area contributed by atoms with Gasteiger partial charge in [-0.2, -0.15) is 10.2 Å². The summed E-state index contributed by atoms with van der Waals surface area (Å²) in [5.41, 5.74) is 11.8. The number of allylic oxidation sites excluding steroid dienone is 4. The van der Waals surface area contributed by atoms with Gasteiger partial charge in [-0.05, 0) is 36.4 Å². The Morgan fingerprint density at radius 1 is 0.421 bits per heavy atom. The quantitative estimate of drug-likeness (QED) is 0.321. The SMILES string of the molecule is O=C1C(C2=CC(=NNc3ccccc3)c3ccccc3C2=O)=CC(=NNc2ccccc2)c2ccccc21. The summed E-state index contributed by atoms with van der Waals surface area (Å²) in [7, 11) is 0. The van der Waals surface area contributed by atoms with Crippen LogP contribution in [-0.4, -0.2) is 23.0 Å². The Morgan fingerprint density at radius 3 is 1.16 bits per heavy atom. The van der Waals surface area contributed by atoms with Crippen LogP contribution >= 0.6 is 0 Å². The van der Waals surface area contributed by atoms with E-state index in [4.69, 9.17) is 0 Å². The standard InChI is InChI=1S/C32H22N4O2/c37-31-25-17-9-7-15-23(25)29(35-33-21-11-3-1-4-12-21)19-27(31)28-20-30(36-34-22-13-5-2-6-14-22)24-16-8-10-18-26(24)32(28)38/h1-20,33-34H. The second-order valence-electron chi connectivity index (χ2n) is 8.82. The lowest BCUT2D eigenvalue weighted by atomic mass is 9.79. The fraction of sp³-hybridized carbons (Fsp3) is 0. The highest BCUT2D eigenvalue weighted by Crippen LogP contribution is 2.32. The van der Waals surface area contributed by atoms with E-state index in [0.29, 0.717) is 33.7 Å². The molecule has 2 aliphatic carbocycles. The number of anilines is 2. The van der Waals surface area contributed by atoms with Gasteiger partial charge in [0.15, 0.2) is 11.6 Å². The molecule has 0 atom stereocenters. The summed E-state index contributed by atoms with van der Waals surface area (Å²) in [6, 6.07) is 33.7. The van der Waals surface area contributed by atoms with Gasteiger partial charge in [0.25, 0.3) is 0 Å². The Morgan fingerprint density at radius 2 is 0.763 bits per heavy atom. The van der Waals surface area contributed by atoms with E-state index in [-0.39, 0.29) is 22.7 Å². The average Bonchev–Trinajstić information content (AvgIpc) is 2.98. The summed E-state index contributed by atoms with van der Waals surface area (Å²) < 4.78 is 0. The number of nitrogens with zero attached hydrogens (tertiary/aromatic N) is 2. The maximum absolute atomic E-state index is 13.7. The number of benzene rings is 4. The van der Waals surface area contributed by atoms with E-state index in [1.807, 2.05) is 97.1 Å². The van der Waals surface area contributed by atoms with E-state index in [1.54, 1.807) is 24.3 Å². The Kier molecular flexibility index (Phi) is 6.04. The van der Waals surface area contributed by atoms with Crippen LogP contribution in [0.5, 0.6) is 0 Å². The number of carbonyl (C=O) groups excluding carboxylic acids is 2. The number of hydrazone groups is 2. The van der Waals surface area contributed by atoms with Crippen LogP contribution in [-0.2, 0) is 0 Å². The van der Waals surface area contributed by atoms with E-state index in [9.17, 15) is 9.59 Å². The van der Waals surface area contributed by atoms with Crippen molar-refractivity contribution in [2.75, 3.05) is 10.9 Å². The van der Waals surface area contributed by atoms with Crippen molar-refractivity contribution < 1.29 is 9.59 Å². The molecule has 0 radical (unpaired) electrons. The third-order valence-electron chi connectivity index (χ3n) is 6.40. The maximum Gasteiger partial charge on any atom is 0.194 e. The Balaban J connectivity index is 1.45. The van der Waals surface area contributed by atoms with Gasteiger partial charge in [0.05, 0.1) is 22.8 Å². The van der Waals surface area contributed by atoms with Gasteiger partial charge in [0.1, 0.15) is 0 Å². The molecule has 0 unspecified atom stereocenters. The molecule has 0 heterocycles. The Bertz CT molecular complexity index is 1560. The lowest BCUT2D eigenvalue weighted by molar-refractivity contribution is 0.0996. The van der Waals surface area contributed by atoms with Crippen LogP contribution in [0, 0.1) is 0 Å². The Hall–Kier alpha value is -5.36. The van der Waals surface area contributed by atoms with E-state index in [2.05, 4.69) is 21.1 Å². The molecular formula is C32H22N4O2. The van der Waals surface area contributed by atoms with Crippen molar-refractivity contribution in [3.8, 4) is 0 Å². The van der Waals surface area contributed by atoms with Gasteiger partial charge in [0, 0.05) is 33.4 Å². The van der Waals surface area contributed by atoms with Crippen LogP contribution in [0.2, 0.25) is 0 Å². The van der Waals surface area contributed by atoms with Gasteiger partial charge in [-0.3, -0.25) is 20.4 Å². The zero-order valence-corrected chi connectivity index (χ0v) is 20.3. The summed E-state index contributed by atoms with van der Waals surface area (Å²) >= 11 is 0. The van der Waals surface area contributed by atoms with E-state index >= 15 is 0 Å². The number of hydrogen-bond acceptors (Lipinski definition) is 6. The molecule has 38 heavy (non-hydrogen) atoms. The number of rotatable bonds is 5. The molecule has 0 aliphatic heterocycles. The van der Waals surface area contributed by atoms with Gasteiger partial charge in [-0.1, -0.05) is 84.9 Å². The molecule has 6 heteroatoms. The summed E-state index contributed by atoms with van der Waals surface area (Å²) in [6.45, 7) is 0. The highest BCUT2D eigenvalue weighted by molar-refractivity contribution is 6.36. The van der Waals surface area contributed by atoms with Crippen LogP contribution in [0.1, 0.15) is 31.8 Å². The number of Topliss-reactive ketones (excluding diaryl/α,β-unsaturated/α-hetero) is 2. The van der Waals surface area contributed by atoms with Crippen molar-refractivity contribution in [2.45, 2.75) is 0 Å². The zero-order chi connectivity index (χ0) is 25.9. The molecule has 0 saturated heterocycles. The van der Waals surface area contributed by atoms with Gasteiger partial charge in [-0.15, -0.1) is 0 Å². The van der Waals surface area contributed by atoms with Crippen molar-refractivity contribution >= 4 is 34.4 Å². The summed E-state index contributed by atoms with van der Waals surface area (Å²) in [4.78, 5) is 27.4. The highest BCUT2D eigenvalue weighted by Gasteiger charge is 2.33. The molecule has 6 nitrogen and oxygen atoms in total. The topological polar surface area (TPSA) is 82.9 Å². The van der Waals surface area contributed by atoms with Gasteiger partial charge in [-0.25, -0.2) is 0 Å². The van der Waals surface area contributed by atoms with Crippen LogP contribution in [0.25, 0.3) is 0 Å². The molecular weight excluding hydrogens is 472 g/mol. The molecule has 0 aromatic heterocycles. The van der Waals surface area contributed by atoms with Gasteiger partial charge in [0.2, 0.25) is 0 Å². The molecule has 6 rings (SSSR count). The van der Waals surface area contributed by atoms with Crippen LogP contribution in [0.4, 0.5) is 11.4 Å². The molecule has 0 amide bonds. The maximum atomic E-state index is 13.7. The lowest BCUT2D eigenvalue weighted by Gasteiger charge is -2.22. The molecule has 2 N–H and O–H groups in total. The smallest absolute Gasteiger partial charge is 0.194 e. The number of carbonyl (C=O) groups is 2. The van der Waals surface area contributed by atoms with Crippen molar-refractivity contribution in [1.82, 2.24) is 0 Å². The minimum atomic E-state index is -0.228. The molecule has 0 bridgehead atoms. The fourth-order valence-corrected chi connectivity index (χ4v) is 4.52. The van der Waals surface area contributed by atoms with Crippen LogP contribution in [0.3, 0.4) is 0 Å². The van der Waals surface area contributed by atoms with Crippen molar-refractivity contribution in [3.05, 3.63) is 155 Å². The highest BCUT2D eigenvalue weighted by atomic mass is 16.1. The Labute approximate surface area is 219 Å². The van der Waals surface area contributed by atoms with Gasteiger partial charge >= 0.3 is 0 Å². The normalized spacial score (nSPS) is 16.4. The first kappa shape index (κ1) is 23.1. The summed E-state index contributed by atoms with van der Waals surface area (Å²) in [6.07, 6.45) is 3.36. The minimum Gasteiger partial charge on any atom is -0.289 e. The molecule has 0 saturated carbocycles. The van der Waals surface area contributed by atoms with Gasteiger partial charge < -0.3 is 0 Å². The van der Waals surface area contributed by atoms with Crippen molar-refractivity contribution in [2.24, 2.45) is 10.2 Å². The third kappa shape index (κ3) is 4.35. The van der Waals surface area contributed by atoms with Crippen LogP contribution in [0.15, 0.2) is 143 Å². The second kappa shape index (κ2) is 9.95. The minimum absolute atomic E-state index is 0.228. The fourth-order valence-electron chi connectivity index (χ4n) is 4.52. The van der Waals surface area contributed by atoms with Crippen LogP contribution < -0.4 is 10.9 Å². The van der Waals surface area contributed by atoms with E-state index in [1.165, 1.54) is 0 Å². The predicted molar refractivity (Wildman–Crippen MR) is 151 cm³/mol. The number of hydrogen-bond donors (Lipinski definition) is 2. The molecule has 0 fully saturated rings. The lowest BCUT2D eigenvalue weighted by Crippen LogP contribution is -2.26. The first-order valence-corrected chi connectivity index (χ1v) is 12.2. The predicted octanol–water partition coefficient (Wildman–Crippen LogP) is 6.26. The van der Waals surface area contributed by atoms with Crippen molar-refractivity contribution in [1.29, 1.82) is 0 Å². The van der Waals surface area contributed by atoms with Crippen molar-refractivity contribution in [3.63, 3.8) is 0 Å². The number of para-hydroxylation sites is 2.